The minimum absolute atomic E-state index is 0.168. The molecule has 2 aromatic heterocycles. The van der Waals surface area contributed by atoms with E-state index in [0.29, 0.717) is 26.6 Å². The molecule has 6 nitrogen and oxygen atoms in total. The third-order valence-electron chi connectivity index (χ3n) is 4.48. The Labute approximate surface area is 208 Å². The Morgan fingerprint density at radius 2 is 1.88 bits per heavy atom. The summed E-state index contributed by atoms with van der Waals surface area (Å²) in [5.74, 6) is -0.253. The second kappa shape index (κ2) is 10.4. The lowest BCUT2D eigenvalue weighted by Crippen LogP contribution is -2.22. The minimum Gasteiger partial charge on any atom is -0.459 e. The molecule has 10 heteroatoms. The molecular weight excluding hydrogens is 501 g/mol. The smallest absolute Gasteiger partial charge is 0.291 e. The van der Waals surface area contributed by atoms with Gasteiger partial charge in [0.25, 0.3) is 5.91 Å². The largest absolute Gasteiger partial charge is 0.459 e. The molecule has 1 atom stereocenters. The van der Waals surface area contributed by atoms with E-state index < -0.39 is 0 Å². The van der Waals surface area contributed by atoms with Crippen LogP contribution in [0.25, 0.3) is 11.3 Å². The molecule has 0 fully saturated rings. The SMILES string of the molecule is CC(Sc1ccc(NC(=O)c2ccco2)cc1)C(=O)Nc1nc(-c2ccc(Cl)cc2Cl)cs1. The molecular formula is C23H17Cl2N3O3S2. The first-order valence-corrected chi connectivity index (χ1v) is 12.2. The van der Waals surface area contributed by atoms with Crippen LogP contribution in [0.1, 0.15) is 17.5 Å². The molecule has 0 aliphatic carbocycles. The number of hydrogen-bond donors (Lipinski definition) is 2. The predicted molar refractivity (Wildman–Crippen MR) is 135 cm³/mol. The van der Waals surface area contributed by atoms with E-state index in [1.165, 1.54) is 29.4 Å². The maximum atomic E-state index is 12.6. The molecule has 1 unspecified atom stereocenters. The van der Waals surface area contributed by atoms with Crippen molar-refractivity contribution in [2.24, 2.45) is 0 Å². The molecule has 168 valence electrons. The van der Waals surface area contributed by atoms with Crippen LogP contribution in [0.15, 0.2) is 75.6 Å². The summed E-state index contributed by atoms with van der Waals surface area (Å²) in [4.78, 5) is 30.0. The number of thioether (sulfide) groups is 1. The summed E-state index contributed by atoms with van der Waals surface area (Å²) in [6.07, 6.45) is 1.44. The van der Waals surface area contributed by atoms with E-state index in [2.05, 4.69) is 15.6 Å². The van der Waals surface area contributed by atoms with E-state index >= 15 is 0 Å². The van der Waals surface area contributed by atoms with Gasteiger partial charge in [0.05, 0.1) is 22.2 Å². The average molecular weight is 518 g/mol. The highest BCUT2D eigenvalue weighted by molar-refractivity contribution is 8.00. The number of nitrogens with one attached hydrogen (secondary N) is 2. The number of carbonyl (C=O) groups excluding carboxylic acids is 2. The second-order valence-electron chi connectivity index (χ2n) is 6.87. The fraction of sp³-hybridized carbons (Fsp3) is 0.0870. The molecule has 0 saturated heterocycles. The normalized spacial score (nSPS) is 11.7. The van der Waals surface area contributed by atoms with Crippen molar-refractivity contribution >= 4 is 68.9 Å². The number of hydrogen-bond acceptors (Lipinski definition) is 6. The van der Waals surface area contributed by atoms with Gasteiger partial charge in [0.2, 0.25) is 5.91 Å². The number of rotatable bonds is 7. The summed E-state index contributed by atoms with van der Waals surface area (Å²) in [5, 5.41) is 8.61. The summed E-state index contributed by atoms with van der Waals surface area (Å²) >= 11 is 14.9. The molecule has 2 heterocycles. The highest BCUT2D eigenvalue weighted by atomic mass is 35.5. The maximum absolute atomic E-state index is 12.6. The van der Waals surface area contributed by atoms with Crippen molar-refractivity contribution in [1.29, 1.82) is 0 Å². The van der Waals surface area contributed by atoms with Crippen molar-refractivity contribution in [3.63, 3.8) is 0 Å². The molecule has 0 aliphatic heterocycles. The molecule has 0 saturated carbocycles. The monoisotopic (exact) mass is 517 g/mol. The van der Waals surface area contributed by atoms with Crippen LogP contribution in [-0.4, -0.2) is 22.0 Å². The van der Waals surface area contributed by atoms with Crippen LogP contribution in [0, 0.1) is 0 Å². The summed E-state index contributed by atoms with van der Waals surface area (Å²) < 4.78 is 5.08. The molecule has 0 radical (unpaired) electrons. The van der Waals surface area contributed by atoms with Gasteiger partial charge in [-0.3, -0.25) is 9.59 Å². The van der Waals surface area contributed by atoms with Crippen molar-refractivity contribution in [3.8, 4) is 11.3 Å². The highest BCUT2D eigenvalue weighted by Crippen LogP contribution is 2.33. The van der Waals surface area contributed by atoms with Crippen LogP contribution in [0.4, 0.5) is 10.8 Å². The van der Waals surface area contributed by atoms with Gasteiger partial charge in [0.1, 0.15) is 0 Å². The molecule has 4 aromatic rings. The fourth-order valence-electron chi connectivity index (χ4n) is 2.83. The number of anilines is 2. The number of furan rings is 1. The lowest BCUT2D eigenvalue weighted by atomic mass is 10.2. The second-order valence-corrected chi connectivity index (χ2v) is 9.98. The van der Waals surface area contributed by atoms with Crippen molar-refractivity contribution in [1.82, 2.24) is 4.98 Å². The van der Waals surface area contributed by atoms with Crippen LogP contribution in [0.5, 0.6) is 0 Å². The Morgan fingerprint density at radius 3 is 2.58 bits per heavy atom. The number of halogens is 2. The van der Waals surface area contributed by atoms with Crippen LogP contribution in [-0.2, 0) is 4.79 Å². The summed E-state index contributed by atoms with van der Waals surface area (Å²) in [6.45, 7) is 1.82. The van der Waals surface area contributed by atoms with E-state index in [1.807, 2.05) is 24.4 Å². The molecule has 0 spiro atoms. The molecule has 2 N–H and O–H groups in total. The van der Waals surface area contributed by atoms with Crippen LogP contribution < -0.4 is 10.6 Å². The summed E-state index contributed by atoms with van der Waals surface area (Å²) in [7, 11) is 0. The number of thiazole rings is 1. The van der Waals surface area contributed by atoms with Crippen molar-refractivity contribution in [2.45, 2.75) is 17.1 Å². The van der Waals surface area contributed by atoms with Crippen molar-refractivity contribution in [3.05, 3.63) is 82.0 Å². The Balaban J connectivity index is 1.33. The minimum atomic E-state index is -0.361. The topological polar surface area (TPSA) is 84.2 Å². The van der Waals surface area contributed by atoms with Gasteiger partial charge in [-0.15, -0.1) is 23.1 Å². The van der Waals surface area contributed by atoms with Gasteiger partial charge in [-0.1, -0.05) is 23.2 Å². The van der Waals surface area contributed by atoms with Crippen LogP contribution >= 0.6 is 46.3 Å². The van der Waals surface area contributed by atoms with E-state index in [1.54, 1.807) is 42.5 Å². The highest BCUT2D eigenvalue weighted by Gasteiger charge is 2.17. The van der Waals surface area contributed by atoms with Gasteiger partial charge in [0.15, 0.2) is 10.9 Å². The van der Waals surface area contributed by atoms with E-state index in [4.69, 9.17) is 27.6 Å². The van der Waals surface area contributed by atoms with Gasteiger partial charge in [-0.25, -0.2) is 4.98 Å². The number of carbonyl (C=O) groups is 2. The number of nitrogens with zero attached hydrogens (tertiary/aromatic N) is 1. The van der Waals surface area contributed by atoms with E-state index in [0.717, 1.165) is 10.5 Å². The first-order valence-electron chi connectivity index (χ1n) is 9.72. The van der Waals surface area contributed by atoms with Crippen LogP contribution in [0.3, 0.4) is 0 Å². The number of amides is 2. The van der Waals surface area contributed by atoms with Crippen molar-refractivity contribution in [2.75, 3.05) is 10.6 Å². The Bertz CT molecular complexity index is 1270. The molecule has 2 aromatic carbocycles. The molecule has 4 rings (SSSR count). The predicted octanol–water partition coefficient (Wildman–Crippen LogP) is 7.08. The standard InChI is InChI=1S/C23H17Cl2N3O3S2/c1-13(33-16-7-5-15(6-8-16)26-22(30)20-3-2-10-31-20)21(29)28-23-27-19(12-32-23)17-9-4-14(24)11-18(17)25/h2-13H,1H3,(H,26,30)(H,27,28,29). The summed E-state index contributed by atoms with van der Waals surface area (Å²) in [5.41, 5.74) is 2.05. The molecule has 0 aliphatic rings. The number of benzene rings is 2. The first kappa shape index (κ1) is 23.4. The fourth-order valence-corrected chi connectivity index (χ4v) is 4.92. The van der Waals surface area contributed by atoms with Gasteiger partial charge in [-0.2, -0.15) is 0 Å². The van der Waals surface area contributed by atoms with Gasteiger partial charge in [0, 0.05) is 26.5 Å². The Hall–Kier alpha value is -2.78. The lowest BCUT2D eigenvalue weighted by Gasteiger charge is -2.11. The third kappa shape index (κ3) is 5.97. The van der Waals surface area contributed by atoms with Gasteiger partial charge < -0.3 is 15.1 Å². The van der Waals surface area contributed by atoms with E-state index in [9.17, 15) is 9.59 Å². The Morgan fingerprint density at radius 1 is 1.09 bits per heavy atom. The first-order chi connectivity index (χ1) is 15.9. The molecule has 33 heavy (non-hydrogen) atoms. The quantitative estimate of drug-likeness (QED) is 0.256. The lowest BCUT2D eigenvalue weighted by molar-refractivity contribution is -0.115. The van der Waals surface area contributed by atoms with Crippen molar-refractivity contribution < 1.29 is 14.0 Å². The zero-order valence-corrected chi connectivity index (χ0v) is 20.3. The van der Waals surface area contributed by atoms with Gasteiger partial charge in [-0.05, 0) is 61.5 Å². The average Bonchev–Trinajstić information content (AvgIpc) is 3.47. The third-order valence-corrected chi connectivity index (χ3v) is 6.90. The van der Waals surface area contributed by atoms with Crippen LogP contribution in [0.2, 0.25) is 10.0 Å². The molecule has 0 bridgehead atoms. The zero-order valence-electron chi connectivity index (χ0n) is 17.2. The molecule has 2 amide bonds. The maximum Gasteiger partial charge on any atom is 0.291 e. The van der Waals surface area contributed by atoms with E-state index in [-0.39, 0.29) is 22.8 Å². The zero-order chi connectivity index (χ0) is 23.4. The Kier molecular flexibility index (Phi) is 7.39. The summed E-state index contributed by atoms with van der Waals surface area (Å²) in [6, 6.07) is 15.7. The van der Waals surface area contributed by atoms with Gasteiger partial charge >= 0.3 is 0 Å². The number of aromatic nitrogens is 1.